The lowest BCUT2D eigenvalue weighted by molar-refractivity contribution is -0.173. The van der Waals surface area contributed by atoms with Crippen LogP contribution in [0.3, 0.4) is 0 Å². The van der Waals surface area contributed by atoms with Crippen LogP contribution in [0.5, 0.6) is 0 Å². The van der Waals surface area contributed by atoms with Gasteiger partial charge in [-0.1, -0.05) is 0 Å². The largest absolute Gasteiger partial charge is 0.481 e. The Balaban J connectivity index is 3.11. The van der Waals surface area contributed by atoms with Gasteiger partial charge < -0.3 is 15.2 Å². The van der Waals surface area contributed by atoms with Gasteiger partial charge in [-0.2, -0.15) is 13.2 Å². The minimum absolute atomic E-state index is 0.0563. The summed E-state index contributed by atoms with van der Waals surface area (Å²) in [6.07, 6.45) is -4.36. The van der Waals surface area contributed by atoms with Crippen molar-refractivity contribution in [2.24, 2.45) is 0 Å². The van der Waals surface area contributed by atoms with Crippen LogP contribution < -0.4 is 5.32 Å². The molecule has 0 bridgehead atoms. The number of carboxylic acid groups (broad SMARTS) is 1. The van der Waals surface area contributed by atoms with Crippen LogP contribution in [0.1, 0.15) is 6.42 Å². The van der Waals surface area contributed by atoms with Gasteiger partial charge >= 0.3 is 12.1 Å². The van der Waals surface area contributed by atoms with E-state index in [1.807, 2.05) is 0 Å². The molecule has 0 amide bonds. The molecule has 0 aromatic rings. The third-order valence-electron chi connectivity index (χ3n) is 1.20. The number of aliphatic carboxylic acids is 1. The number of ether oxygens (including phenoxy) is 1. The van der Waals surface area contributed by atoms with Crippen molar-refractivity contribution >= 4 is 5.97 Å². The van der Waals surface area contributed by atoms with Gasteiger partial charge in [0.15, 0.2) is 0 Å². The second kappa shape index (κ2) is 6.61. The first-order chi connectivity index (χ1) is 6.42. The minimum Gasteiger partial charge on any atom is -0.481 e. The SMILES string of the molecule is O=C(O)CCNCCOCC(F)(F)F. The maximum absolute atomic E-state index is 11.5. The zero-order valence-corrected chi connectivity index (χ0v) is 7.43. The molecule has 0 aromatic heterocycles. The summed E-state index contributed by atoms with van der Waals surface area (Å²) in [4.78, 5) is 10.00. The number of rotatable bonds is 7. The second-order valence-electron chi connectivity index (χ2n) is 2.56. The minimum atomic E-state index is -4.30. The lowest BCUT2D eigenvalue weighted by atomic mass is 10.4. The summed E-state index contributed by atoms with van der Waals surface area (Å²) in [6.45, 7) is -0.916. The molecule has 0 aromatic carbocycles. The highest BCUT2D eigenvalue weighted by molar-refractivity contribution is 5.66. The van der Waals surface area contributed by atoms with E-state index < -0.39 is 18.8 Å². The van der Waals surface area contributed by atoms with Gasteiger partial charge in [0.05, 0.1) is 13.0 Å². The molecule has 0 saturated carbocycles. The third-order valence-corrected chi connectivity index (χ3v) is 1.20. The third kappa shape index (κ3) is 11.2. The Morgan fingerprint density at radius 2 is 2.00 bits per heavy atom. The lowest BCUT2D eigenvalue weighted by Crippen LogP contribution is -2.25. The molecule has 0 aliphatic rings. The maximum Gasteiger partial charge on any atom is 0.411 e. The summed E-state index contributed by atoms with van der Waals surface area (Å²) < 4.78 is 38.8. The molecule has 0 saturated heterocycles. The van der Waals surface area contributed by atoms with E-state index in [0.29, 0.717) is 0 Å². The van der Waals surface area contributed by atoms with Gasteiger partial charge in [0.1, 0.15) is 6.61 Å². The Morgan fingerprint density at radius 1 is 1.36 bits per heavy atom. The van der Waals surface area contributed by atoms with Crippen molar-refractivity contribution in [3.05, 3.63) is 0 Å². The van der Waals surface area contributed by atoms with E-state index in [4.69, 9.17) is 5.11 Å². The highest BCUT2D eigenvalue weighted by atomic mass is 19.4. The fourth-order valence-corrected chi connectivity index (χ4v) is 0.653. The average molecular weight is 215 g/mol. The van der Waals surface area contributed by atoms with Crippen molar-refractivity contribution in [2.75, 3.05) is 26.3 Å². The summed E-state index contributed by atoms with van der Waals surface area (Å²) >= 11 is 0. The van der Waals surface area contributed by atoms with Gasteiger partial charge in [-0.3, -0.25) is 4.79 Å². The van der Waals surface area contributed by atoms with E-state index in [1.54, 1.807) is 0 Å². The first-order valence-corrected chi connectivity index (χ1v) is 3.99. The zero-order chi connectivity index (χ0) is 11.0. The smallest absolute Gasteiger partial charge is 0.411 e. The molecule has 14 heavy (non-hydrogen) atoms. The molecule has 0 fully saturated rings. The van der Waals surface area contributed by atoms with Gasteiger partial charge in [0.2, 0.25) is 0 Å². The van der Waals surface area contributed by atoms with Crippen LogP contribution in [-0.2, 0) is 9.53 Å². The number of hydrogen-bond acceptors (Lipinski definition) is 3. The predicted molar refractivity (Wildman–Crippen MR) is 42.0 cm³/mol. The number of hydrogen-bond donors (Lipinski definition) is 2. The topological polar surface area (TPSA) is 58.6 Å². The van der Waals surface area contributed by atoms with E-state index in [-0.39, 0.29) is 26.1 Å². The summed E-state index contributed by atoms with van der Waals surface area (Å²) in [5.41, 5.74) is 0. The molecule has 0 aliphatic heterocycles. The molecule has 4 nitrogen and oxygen atoms in total. The summed E-state index contributed by atoms with van der Waals surface area (Å²) in [5, 5.41) is 10.8. The summed E-state index contributed by atoms with van der Waals surface area (Å²) in [7, 11) is 0. The number of alkyl halides is 3. The normalized spacial score (nSPS) is 11.6. The average Bonchev–Trinajstić information content (AvgIpc) is 2.00. The quantitative estimate of drug-likeness (QED) is 0.611. The number of carbonyl (C=O) groups is 1. The van der Waals surface area contributed by atoms with Crippen LogP contribution in [0.15, 0.2) is 0 Å². The molecule has 0 aliphatic carbocycles. The summed E-state index contributed by atoms with van der Waals surface area (Å²) in [5.74, 6) is -0.950. The molecular formula is C7H12F3NO3. The van der Waals surface area contributed by atoms with Crippen LogP contribution in [0.2, 0.25) is 0 Å². The van der Waals surface area contributed by atoms with E-state index >= 15 is 0 Å². The standard InChI is InChI=1S/C7H12F3NO3/c8-7(9,10)5-14-4-3-11-2-1-6(12)13/h11H,1-5H2,(H,12,13). The van der Waals surface area contributed by atoms with Gasteiger partial charge in [0, 0.05) is 13.1 Å². The molecule has 0 heterocycles. The van der Waals surface area contributed by atoms with Gasteiger partial charge in [0.25, 0.3) is 0 Å². The first-order valence-electron chi connectivity index (χ1n) is 3.99. The van der Waals surface area contributed by atoms with E-state index in [0.717, 1.165) is 0 Å². The Kier molecular flexibility index (Phi) is 6.22. The van der Waals surface area contributed by atoms with Crippen LogP contribution >= 0.6 is 0 Å². The molecule has 84 valence electrons. The van der Waals surface area contributed by atoms with Crippen molar-refractivity contribution in [1.82, 2.24) is 5.32 Å². The van der Waals surface area contributed by atoms with Crippen molar-refractivity contribution in [2.45, 2.75) is 12.6 Å². The van der Waals surface area contributed by atoms with E-state index in [1.165, 1.54) is 0 Å². The van der Waals surface area contributed by atoms with Crippen LogP contribution in [0.4, 0.5) is 13.2 Å². The zero-order valence-electron chi connectivity index (χ0n) is 7.43. The number of halogens is 3. The van der Waals surface area contributed by atoms with Crippen LogP contribution in [0.25, 0.3) is 0 Å². The molecule has 0 spiro atoms. The molecule has 0 unspecified atom stereocenters. The first kappa shape index (κ1) is 13.2. The Hall–Kier alpha value is -0.820. The molecule has 0 radical (unpaired) electrons. The fourth-order valence-electron chi connectivity index (χ4n) is 0.653. The van der Waals surface area contributed by atoms with Crippen molar-refractivity contribution in [1.29, 1.82) is 0 Å². The molecule has 7 heteroatoms. The van der Waals surface area contributed by atoms with Crippen molar-refractivity contribution < 1.29 is 27.8 Å². The van der Waals surface area contributed by atoms with E-state index in [2.05, 4.69) is 10.1 Å². The Morgan fingerprint density at radius 3 is 2.50 bits per heavy atom. The lowest BCUT2D eigenvalue weighted by Gasteiger charge is -2.07. The van der Waals surface area contributed by atoms with Crippen molar-refractivity contribution in [3.63, 3.8) is 0 Å². The molecular weight excluding hydrogens is 203 g/mol. The molecule has 0 rings (SSSR count). The highest BCUT2D eigenvalue weighted by Gasteiger charge is 2.27. The van der Waals surface area contributed by atoms with E-state index in [9.17, 15) is 18.0 Å². The fraction of sp³-hybridized carbons (Fsp3) is 0.857. The highest BCUT2D eigenvalue weighted by Crippen LogP contribution is 2.13. The van der Waals surface area contributed by atoms with Gasteiger partial charge in [-0.15, -0.1) is 0 Å². The van der Waals surface area contributed by atoms with Crippen LogP contribution in [-0.4, -0.2) is 43.6 Å². The number of carboxylic acids is 1. The Labute approximate surface area is 79.0 Å². The van der Waals surface area contributed by atoms with Crippen LogP contribution in [0, 0.1) is 0 Å². The number of nitrogens with one attached hydrogen (secondary N) is 1. The predicted octanol–water partition coefficient (Wildman–Crippen LogP) is 0.630. The monoisotopic (exact) mass is 215 g/mol. The van der Waals surface area contributed by atoms with Gasteiger partial charge in [-0.25, -0.2) is 0 Å². The Bertz CT molecular complexity index is 172. The maximum atomic E-state index is 11.5. The van der Waals surface area contributed by atoms with Crippen molar-refractivity contribution in [3.8, 4) is 0 Å². The second-order valence-corrected chi connectivity index (χ2v) is 2.56. The molecule has 2 N–H and O–H groups in total. The summed E-state index contributed by atoms with van der Waals surface area (Å²) in [6, 6.07) is 0. The molecule has 0 atom stereocenters. The van der Waals surface area contributed by atoms with Gasteiger partial charge in [-0.05, 0) is 0 Å².